The van der Waals surface area contributed by atoms with Crippen LogP contribution in [0, 0.1) is 0 Å². The Kier molecular flexibility index (Phi) is 5.72. The average Bonchev–Trinajstić information content (AvgIpc) is 3.56. The lowest BCUT2D eigenvalue weighted by Gasteiger charge is -2.39. The summed E-state index contributed by atoms with van der Waals surface area (Å²) in [6, 6.07) is 14.6. The molecule has 1 saturated carbocycles. The fourth-order valence-electron chi connectivity index (χ4n) is 4.82. The number of hydrogen-bond acceptors (Lipinski definition) is 5. The van der Waals surface area contributed by atoms with Gasteiger partial charge in [-0.15, -0.1) is 22.7 Å². The van der Waals surface area contributed by atoms with Gasteiger partial charge in [0.15, 0.2) is 0 Å². The molecule has 3 aromatic rings. The molecule has 0 N–H and O–H groups in total. The Hall–Kier alpha value is -2.02. The van der Waals surface area contributed by atoms with Crippen molar-refractivity contribution in [3.05, 3.63) is 63.1 Å². The van der Waals surface area contributed by atoms with Gasteiger partial charge in [0, 0.05) is 42.0 Å². The highest BCUT2D eigenvalue weighted by Crippen LogP contribution is 2.44. The van der Waals surface area contributed by atoms with E-state index in [0.29, 0.717) is 5.91 Å². The zero-order valence-corrected chi connectivity index (χ0v) is 18.8. The average molecular weight is 438 g/mol. The van der Waals surface area contributed by atoms with Crippen molar-refractivity contribution in [1.29, 1.82) is 0 Å². The summed E-state index contributed by atoms with van der Waals surface area (Å²) in [7, 11) is 0. The fourth-order valence-corrected chi connectivity index (χ4v) is 6.65. The van der Waals surface area contributed by atoms with E-state index in [1.54, 1.807) is 22.7 Å². The summed E-state index contributed by atoms with van der Waals surface area (Å²) in [5.74, 6) is 0.364. The van der Waals surface area contributed by atoms with Crippen LogP contribution in [-0.4, -0.2) is 46.9 Å². The molecule has 0 atom stereocenters. The van der Waals surface area contributed by atoms with Crippen molar-refractivity contribution in [1.82, 2.24) is 14.8 Å². The number of carbonyl (C=O) groups is 1. The van der Waals surface area contributed by atoms with Crippen LogP contribution in [0.5, 0.6) is 0 Å². The van der Waals surface area contributed by atoms with Crippen molar-refractivity contribution in [3.8, 4) is 11.3 Å². The number of thiophene rings is 1. The number of hydrogen-bond donors (Lipinski definition) is 0. The molecule has 2 aromatic heterocycles. The van der Waals surface area contributed by atoms with E-state index in [-0.39, 0.29) is 5.41 Å². The molecule has 6 heteroatoms. The van der Waals surface area contributed by atoms with E-state index in [1.807, 2.05) is 6.07 Å². The third-order valence-corrected chi connectivity index (χ3v) is 8.41. The standard InChI is InChI=1S/C24H27N3OS2/c28-23(24(10-4-5-11-24)21-9-6-16-29-21)27-14-12-26(13-15-27)17-22-25-20(18-30-22)19-7-2-1-3-8-19/h1-3,6-9,16,18H,4-5,10-15,17H2. The van der Waals surface area contributed by atoms with Crippen LogP contribution in [0.2, 0.25) is 0 Å². The van der Waals surface area contributed by atoms with Gasteiger partial charge in [-0.25, -0.2) is 4.98 Å². The van der Waals surface area contributed by atoms with Gasteiger partial charge in [0.05, 0.1) is 17.7 Å². The highest BCUT2D eigenvalue weighted by Gasteiger charge is 2.46. The molecule has 2 aliphatic rings. The van der Waals surface area contributed by atoms with Crippen molar-refractivity contribution < 1.29 is 4.79 Å². The predicted octanol–water partition coefficient (Wildman–Crippen LogP) is 5.03. The number of thiazole rings is 1. The van der Waals surface area contributed by atoms with Crippen molar-refractivity contribution in [2.75, 3.05) is 26.2 Å². The summed E-state index contributed by atoms with van der Waals surface area (Å²) in [6.45, 7) is 4.36. The Morgan fingerprint density at radius 1 is 0.967 bits per heavy atom. The van der Waals surface area contributed by atoms with Gasteiger partial charge in [-0.1, -0.05) is 49.2 Å². The lowest BCUT2D eigenvalue weighted by atomic mass is 9.82. The first-order valence-corrected chi connectivity index (χ1v) is 12.6. The molecule has 0 unspecified atom stereocenters. The third kappa shape index (κ3) is 3.84. The van der Waals surface area contributed by atoms with E-state index >= 15 is 0 Å². The van der Waals surface area contributed by atoms with Crippen LogP contribution >= 0.6 is 22.7 Å². The molecule has 30 heavy (non-hydrogen) atoms. The van der Waals surface area contributed by atoms with Gasteiger partial charge in [0.2, 0.25) is 5.91 Å². The van der Waals surface area contributed by atoms with E-state index in [1.165, 1.54) is 10.4 Å². The number of nitrogens with zero attached hydrogens (tertiary/aromatic N) is 3. The lowest BCUT2D eigenvalue weighted by Crippen LogP contribution is -2.53. The summed E-state index contributed by atoms with van der Waals surface area (Å²) in [5.41, 5.74) is 1.98. The maximum atomic E-state index is 13.5. The minimum absolute atomic E-state index is 0.254. The first-order valence-electron chi connectivity index (χ1n) is 10.8. The molecule has 0 spiro atoms. The Morgan fingerprint density at radius 3 is 2.43 bits per heavy atom. The first kappa shape index (κ1) is 19.9. The number of aromatic nitrogens is 1. The molecule has 1 aliphatic heterocycles. The molecule has 156 valence electrons. The van der Waals surface area contributed by atoms with Crippen LogP contribution in [0.4, 0.5) is 0 Å². The molecule has 1 saturated heterocycles. The number of carbonyl (C=O) groups excluding carboxylic acids is 1. The third-order valence-electron chi connectivity index (χ3n) is 6.50. The van der Waals surface area contributed by atoms with Crippen LogP contribution in [0.3, 0.4) is 0 Å². The van der Waals surface area contributed by atoms with Crippen LogP contribution in [0.1, 0.15) is 35.6 Å². The summed E-state index contributed by atoms with van der Waals surface area (Å²) in [6.07, 6.45) is 4.34. The van der Waals surface area contributed by atoms with Crippen LogP contribution < -0.4 is 0 Å². The van der Waals surface area contributed by atoms with E-state index < -0.39 is 0 Å². The van der Waals surface area contributed by atoms with Crippen LogP contribution in [-0.2, 0) is 16.8 Å². The topological polar surface area (TPSA) is 36.4 Å². The normalized spacial score (nSPS) is 19.3. The SMILES string of the molecule is O=C(N1CCN(Cc2nc(-c3ccccc3)cs2)CC1)C1(c2cccs2)CCCC1. The van der Waals surface area contributed by atoms with Crippen molar-refractivity contribution >= 4 is 28.6 Å². The maximum Gasteiger partial charge on any atom is 0.234 e. The van der Waals surface area contributed by atoms with Gasteiger partial charge >= 0.3 is 0 Å². The number of rotatable bonds is 5. The molecule has 0 radical (unpaired) electrons. The predicted molar refractivity (Wildman–Crippen MR) is 124 cm³/mol. The second kappa shape index (κ2) is 8.61. The van der Waals surface area contributed by atoms with E-state index in [4.69, 9.17) is 4.98 Å². The fraction of sp³-hybridized carbons (Fsp3) is 0.417. The molecule has 1 amide bonds. The molecule has 1 aliphatic carbocycles. The van der Waals surface area contributed by atoms with Crippen molar-refractivity contribution in [2.45, 2.75) is 37.6 Å². The maximum absolute atomic E-state index is 13.5. The second-order valence-corrected chi connectivity index (χ2v) is 10.2. The minimum Gasteiger partial charge on any atom is -0.339 e. The number of benzene rings is 1. The first-order chi connectivity index (χ1) is 14.7. The largest absolute Gasteiger partial charge is 0.339 e. The van der Waals surface area contributed by atoms with Gasteiger partial charge in [-0.2, -0.15) is 0 Å². The molecule has 3 heterocycles. The minimum atomic E-state index is -0.254. The van der Waals surface area contributed by atoms with Crippen LogP contribution in [0.25, 0.3) is 11.3 Å². The molecule has 4 nitrogen and oxygen atoms in total. The summed E-state index contributed by atoms with van der Waals surface area (Å²) >= 11 is 3.48. The molecule has 2 fully saturated rings. The highest BCUT2D eigenvalue weighted by molar-refractivity contribution is 7.10. The molecular formula is C24H27N3OS2. The number of piperazine rings is 1. The van der Waals surface area contributed by atoms with Gasteiger partial charge in [0.1, 0.15) is 5.01 Å². The van der Waals surface area contributed by atoms with Crippen LogP contribution in [0.15, 0.2) is 53.2 Å². The highest BCUT2D eigenvalue weighted by atomic mass is 32.1. The lowest BCUT2D eigenvalue weighted by molar-refractivity contribution is -0.139. The zero-order chi connectivity index (χ0) is 20.4. The molecule has 5 rings (SSSR count). The molecule has 0 bridgehead atoms. The van der Waals surface area contributed by atoms with Gasteiger partial charge in [-0.3, -0.25) is 9.69 Å². The molecule has 1 aromatic carbocycles. The Morgan fingerprint density at radius 2 is 1.73 bits per heavy atom. The van der Waals surface area contributed by atoms with E-state index in [0.717, 1.165) is 69.1 Å². The van der Waals surface area contributed by atoms with Gasteiger partial charge in [-0.05, 0) is 24.3 Å². The van der Waals surface area contributed by atoms with E-state index in [9.17, 15) is 4.79 Å². The summed E-state index contributed by atoms with van der Waals surface area (Å²) in [4.78, 5) is 24.2. The molecular weight excluding hydrogens is 410 g/mol. The zero-order valence-electron chi connectivity index (χ0n) is 17.1. The number of amides is 1. The van der Waals surface area contributed by atoms with Gasteiger partial charge in [0.25, 0.3) is 0 Å². The van der Waals surface area contributed by atoms with Crippen molar-refractivity contribution in [2.24, 2.45) is 0 Å². The Labute approximate surface area is 186 Å². The monoisotopic (exact) mass is 437 g/mol. The quantitative estimate of drug-likeness (QED) is 0.562. The van der Waals surface area contributed by atoms with Gasteiger partial charge < -0.3 is 4.90 Å². The van der Waals surface area contributed by atoms with Crippen molar-refractivity contribution in [3.63, 3.8) is 0 Å². The Bertz CT molecular complexity index is 969. The smallest absolute Gasteiger partial charge is 0.234 e. The second-order valence-electron chi connectivity index (χ2n) is 8.33. The summed E-state index contributed by atoms with van der Waals surface area (Å²) < 4.78 is 0. The Balaban J connectivity index is 1.21. The van der Waals surface area contributed by atoms with E-state index in [2.05, 4.69) is 57.0 Å². The summed E-state index contributed by atoms with van der Waals surface area (Å²) in [5, 5.41) is 5.41.